The molecule has 23 heavy (non-hydrogen) atoms. The Balaban J connectivity index is 2.06. The molecule has 2 aromatic rings. The predicted molar refractivity (Wildman–Crippen MR) is 82.7 cm³/mol. The molecule has 0 atom stereocenters. The van der Waals surface area contributed by atoms with Crippen LogP contribution >= 0.6 is 0 Å². The summed E-state index contributed by atoms with van der Waals surface area (Å²) in [5.41, 5.74) is 1.29. The highest BCUT2D eigenvalue weighted by atomic mass is 32.2. The van der Waals surface area contributed by atoms with Crippen molar-refractivity contribution in [3.8, 4) is 0 Å². The first kappa shape index (κ1) is 15.5. The highest BCUT2D eigenvalue weighted by Crippen LogP contribution is 2.32. The topological polar surface area (TPSA) is 74.7 Å². The smallest absolute Gasteiger partial charge is 0.335 e. The van der Waals surface area contributed by atoms with Crippen LogP contribution in [0.15, 0.2) is 47.4 Å². The molecule has 0 saturated heterocycles. The number of anilines is 1. The zero-order valence-corrected chi connectivity index (χ0v) is 12.9. The van der Waals surface area contributed by atoms with Gasteiger partial charge in [0, 0.05) is 6.54 Å². The van der Waals surface area contributed by atoms with Gasteiger partial charge in [0.25, 0.3) is 10.0 Å². The molecule has 5 nitrogen and oxygen atoms in total. The Morgan fingerprint density at radius 3 is 2.48 bits per heavy atom. The average molecular weight is 335 g/mol. The number of nitrogens with zero attached hydrogens (tertiary/aromatic N) is 1. The fourth-order valence-electron chi connectivity index (χ4n) is 2.68. The molecule has 0 unspecified atom stereocenters. The summed E-state index contributed by atoms with van der Waals surface area (Å²) in [5.74, 6) is -1.56. The van der Waals surface area contributed by atoms with Gasteiger partial charge in [0.2, 0.25) is 0 Å². The van der Waals surface area contributed by atoms with Crippen molar-refractivity contribution in [2.75, 3.05) is 10.8 Å². The van der Waals surface area contributed by atoms with Crippen LogP contribution in [-0.4, -0.2) is 26.0 Å². The van der Waals surface area contributed by atoms with Crippen LogP contribution in [0, 0.1) is 5.82 Å². The van der Waals surface area contributed by atoms with Crippen molar-refractivity contribution in [2.24, 2.45) is 0 Å². The number of hydrogen-bond acceptors (Lipinski definition) is 3. The molecule has 1 heterocycles. The number of hydrogen-bond donors (Lipinski definition) is 1. The lowest BCUT2D eigenvalue weighted by Gasteiger charge is -2.30. The summed E-state index contributed by atoms with van der Waals surface area (Å²) in [5, 5.41) is 9.05. The van der Waals surface area contributed by atoms with Gasteiger partial charge in [-0.25, -0.2) is 17.6 Å². The highest BCUT2D eigenvalue weighted by molar-refractivity contribution is 7.92. The van der Waals surface area contributed by atoms with E-state index in [1.807, 2.05) is 0 Å². The molecule has 1 aliphatic heterocycles. The summed E-state index contributed by atoms with van der Waals surface area (Å²) in [4.78, 5) is 11.1. The van der Waals surface area contributed by atoms with Gasteiger partial charge in [0.15, 0.2) is 0 Å². The predicted octanol–water partition coefficient (Wildman–Crippen LogP) is 2.67. The van der Waals surface area contributed by atoms with E-state index in [4.69, 9.17) is 5.11 Å². The summed E-state index contributed by atoms with van der Waals surface area (Å²) in [6.45, 7) is 0.305. The number of fused-ring (bicyclic) bond motifs is 1. The Hall–Kier alpha value is -2.41. The van der Waals surface area contributed by atoms with E-state index < -0.39 is 21.8 Å². The molecular weight excluding hydrogens is 321 g/mol. The van der Waals surface area contributed by atoms with Crippen LogP contribution in [0.3, 0.4) is 0 Å². The van der Waals surface area contributed by atoms with Crippen LogP contribution < -0.4 is 4.31 Å². The van der Waals surface area contributed by atoms with Crippen molar-refractivity contribution in [3.05, 3.63) is 59.4 Å². The van der Waals surface area contributed by atoms with E-state index in [0.29, 0.717) is 30.6 Å². The van der Waals surface area contributed by atoms with Crippen LogP contribution in [0.5, 0.6) is 0 Å². The monoisotopic (exact) mass is 335 g/mol. The molecule has 0 amide bonds. The number of carbonyl (C=O) groups is 1. The Bertz CT molecular complexity index is 862. The molecule has 0 saturated carbocycles. The minimum absolute atomic E-state index is 0.00839. The quantitative estimate of drug-likeness (QED) is 0.936. The van der Waals surface area contributed by atoms with Crippen molar-refractivity contribution in [1.29, 1.82) is 0 Å². The normalized spacial score (nSPS) is 14.4. The molecule has 1 aliphatic rings. The second kappa shape index (κ2) is 5.66. The number of aromatic carboxylic acids is 1. The van der Waals surface area contributed by atoms with E-state index in [-0.39, 0.29) is 10.5 Å². The number of benzene rings is 2. The minimum atomic E-state index is -3.81. The lowest BCUT2D eigenvalue weighted by atomic mass is 10.0. The van der Waals surface area contributed by atoms with Crippen molar-refractivity contribution in [3.63, 3.8) is 0 Å². The Morgan fingerprint density at radius 2 is 1.83 bits per heavy atom. The first-order valence-corrected chi connectivity index (χ1v) is 8.48. The van der Waals surface area contributed by atoms with Crippen LogP contribution in [0.25, 0.3) is 0 Å². The van der Waals surface area contributed by atoms with Crippen molar-refractivity contribution >= 4 is 21.7 Å². The third-order valence-electron chi connectivity index (χ3n) is 3.80. The van der Waals surface area contributed by atoms with Gasteiger partial charge in [-0.15, -0.1) is 0 Å². The van der Waals surface area contributed by atoms with Gasteiger partial charge >= 0.3 is 5.97 Å². The molecule has 0 aromatic heterocycles. The maximum Gasteiger partial charge on any atom is 0.335 e. The first-order chi connectivity index (χ1) is 10.9. The van der Waals surface area contributed by atoms with Gasteiger partial charge in [-0.05, 0) is 60.9 Å². The summed E-state index contributed by atoms with van der Waals surface area (Å²) in [7, 11) is -3.81. The van der Waals surface area contributed by atoms with Gasteiger partial charge in [-0.2, -0.15) is 0 Å². The molecule has 0 spiro atoms. The lowest BCUT2D eigenvalue weighted by Crippen LogP contribution is -2.35. The fraction of sp³-hybridized carbons (Fsp3) is 0.188. The molecule has 0 bridgehead atoms. The van der Waals surface area contributed by atoms with E-state index in [2.05, 4.69) is 0 Å². The van der Waals surface area contributed by atoms with Crippen LogP contribution in [-0.2, 0) is 16.4 Å². The van der Waals surface area contributed by atoms with Crippen molar-refractivity contribution in [1.82, 2.24) is 0 Å². The summed E-state index contributed by atoms with van der Waals surface area (Å²) in [6.07, 6.45) is 1.21. The van der Waals surface area contributed by atoms with E-state index in [9.17, 15) is 17.6 Å². The Morgan fingerprint density at radius 1 is 1.13 bits per heavy atom. The highest BCUT2D eigenvalue weighted by Gasteiger charge is 2.29. The number of halogens is 1. The number of aryl methyl sites for hydroxylation is 1. The molecule has 3 rings (SSSR count). The Kier molecular flexibility index (Phi) is 3.81. The summed E-state index contributed by atoms with van der Waals surface area (Å²) >= 11 is 0. The molecule has 2 aromatic carbocycles. The standard InChI is InChI=1S/C16H14FNO4S/c17-13-4-6-14(7-5-13)23(21,22)18-9-1-2-11-10-12(16(19)20)3-8-15(11)18/h3-8,10H,1-2,9H2,(H,19,20). The largest absolute Gasteiger partial charge is 0.478 e. The van der Waals surface area contributed by atoms with Gasteiger partial charge < -0.3 is 5.11 Å². The summed E-state index contributed by atoms with van der Waals surface area (Å²) < 4.78 is 39.8. The third kappa shape index (κ3) is 2.79. The fourth-order valence-corrected chi connectivity index (χ4v) is 4.22. The minimum Gasteiger partial charge on any atom is -0.478 e. The SMILES string of the molecule is O=C(O)c1ccc2c(c1)CCCN2S(=O)(=O)c1ccc(F)cc1. The van der Waals surface area contributed by atoms with Crippen LogP contribution in [0.1, 0.15) is 22.3 Å². The van der Waals surface area contributed by atoms with Gasteiger partial charge in [0.1, 0.15) is 5.82 Å². The van der Waals surface area contributed by atoms with Crippen LogP contribution in [0.4, 0.5) is 10.1 Å². The summed E-state index contributed by atoms with van der Waals surface area (Å²) in [6, 6.07) is 9.06. The molecule has 7 heteroatoms. The Labute approximate surface area is 133 Å². The number of sulfonamides is 1. The maximum absolute atomic E-state index is 13.0. The zero-order chi connectivity index (χ0) is 16.6. The molecular formula is C16H14FNO4S. The van der Waals surface area contributed by atoms with Gasteiger partial charge in [-0.3, -0.25) is 4.31 Å². The lowest BCUT2D eigenvalue weighted by molar-refractivity contribution is 0.0696. The van der Waals surface area contributed by atoms with Crippen LogP contribution in [0.2, 0.25) is 0 Å². The van der Waals surface area contributed by atoms with E-state index in [0.717, 1.165) is 12.1 Å². The molecule has 120 valence electrons. The van der Waals surface area contributed by atoms with Gasteiger partial charge in [-0.1, -0.05) is 0 Å². The zero-order valence-electron chi connectivity index (χ0n) is 12.1. The molecule has 0 fully saturated rings. The molecule has 1 N–H and O–H groups in total. The number of carboxylic acids is 1. The molecule has 0 aliphatic carbocycles. The number of carboxylic acid groups (broad SMARTS) is 1. The third-order valence-corrected chi connectivity index (χ3v) is 5.63. The van der Waals surface area contributed by atoms with E-state index in [1.54, 1.807) is 0 Å². The second-order valence-corrected chi connectivity index (χ2v) is 7.15. The van der Waals surface area contributed by atoms with E-state index in [1.165, 1.54) is 34.6 Å². The van der Waals surface area contributed by atoms with Crippen molar-refractivity contribution < 1.29 is 22.7 Å². The number of rotatable bonds is 3. The first-order valence-electron chi connectivity index (χ1n) is 7.04. The molecule has 0 radical (unpaired) electrons. The van der Waals surface area contributed by atoms with E-state index >= 15 is 0 Å². The second-order valence-electron chi connectivity index (χ2n) is 5.28. The van der Waals surface area contributed by atoms with Crippen molar-refractivity contribution in [2.45, 2.75) is 17.7 Å². The maximum atomic E-state index is 13.0. The van der Waals surface area contributed by atoms with Gasteiger partial charge in [0.05, 0.1) is 16.1 Å². The average Bonchev–Trinajstić information content (AvgIpc) is 2.54.